The van der Waals surface area contributed by atoms with Gasteiger partial charge < -0.3 is 20.5 Å². The summed E-state index contributed by atoms with van der Waals surface area (Å²) in [6.45, 7) is 4.67. The summed E-state index contributed by atoms with van der Waals surface area (Å²) in [6, 6.07) is 7.57. The third-order valence-electron chi connectivity index (χ3n) is 2.47. The van der Waals surface area contributed by atoms with Gasteiger partial charge in [0.2, 0.25) is 0 Å². The lowest BCUT2D eigenvalue weighted by molar-refractivity contribution is 0.253. The molecule has 100 valence electrons. The second kappa shape index (κ2) is 7.89. The molecule has 5 heteroatoms. The lowest BCUT2D eigenvalue weighted by Gasteiger charge is -2.17. The Balaban J connectivity index is 2.48. The molecule has 18 heavy (non-hydrogen) atoms. The third-order valence-corrected chi connectivity index (χ3v) is 2.69. The summed E-state index contributed by atoms with van der Waals surface area (Å²) in [5, 5.41) is 15.7. The highest BCUT2D eigenvalue weighted by Crippen LogP contribution is 2.15. The summed E-state index contributed by atoms with van der Waals surface area (Å²) < 4.78 is 5.36. The Morgan fingerprint density at radius 3 is 2.50 bits per heavy atom. The Hall–Kier alpha value is -1.33. The number of ether oxygens (including phenoxy) is 1. The molecule has 0 saturated carbocycles. The molecule has 1 aromatic carbocycles. The number of anilines is 1. The van der Waals surface area contributed by atoms with E-state index in [1.807, 2.05) is 38.1 Å². The van der Waals surface area contributed by atoms with Gasteiger partial charge in [-0.25, -0.2) is 0 Å². The van der Waals surface area contributed by atoms with Gasteiger partial charge in [-0.2, -0.15) is 0 Å². The van der Waals surface area contributed by atoms with E-state index in [1.165, 1.54) is 0 Å². The van der Waals surface area contributed by atoms with Gasteiger partial charge in [0.25, 0.3) is 0 Å². The zero-order valence-electron chi connectivity index (χ0n) is 10.8. The molecule has 0 spiro atoms. The van der Waals surface area contributed by atoms with Crippen molar-refractivity contribution in [2.75, 3.05) is 18.5 Å². The molecule has 0 amide bonds. The number of rotatable bonds is 6. The van der Waals surface area contributed by atoms with Crippen molar-refractivity contribution in [2.24, 2.45) is 0 Å². The highest BCUT2D eigenvalue weighted by molar-refractivity contribution is 7.80. The molecule has 3 N–H and O–H groups in total. The Kier molecular flexibility index (Phi) is 6.46. The quantitative estimate of drug-likeness (QED) is 0.690. The molecule has 0 fully saturated rings. The second-order valence-corrected chi connectivity index (χ2v) is 4.25. The van der Waals surface area contributed by atoms with Gasteiger partial charge in [-0.15, -0.1) is 0 Å². The third kappa shape index (κ3) is 4.89. The zero-order chi connectivity index (χ0) is 13.4. The van der Waals surface area contributed by atoms with E-state index in [0.717, 1.165) is 17.9 Å². The van der Waals surface area contributed by atoms with Crippen LogP contribution in [-0.4, -0.2) is 29.5 Å². The van der Waals surface area contributed by atoms with E-state index in [-0.39, 0.29) is 12.6 Å². The van der Waals surface area contributed by atoms with E-state index < -0.39 is 0 Å². The molecule has 0 bridgehead atoms. The fraction of sp³-hybridized carbons (Fsp3) is 0.462. The van der Waals surface area contributed by atoms with E-state index in [2.05, 4.69) is 10.6 Å². The van der Waals surface area contributed by atoms with E-state index >= 15 is 0 Å². The normalized spacial score (nSPS) is 11.7. The highest BCUT2D eigenvalue weighted by Gasteiger charge is 2.06. The van der Waals surface area contributed by atoms with Gasteiger partial charge in [-0.1, -0.05) is 6.92 Å². The molecular formula is C13H20N2O2S. The second-order valence-electron chi connectivity index (χ2n) is 3.84. The predicted molar refractivity (Wildman–Crippen MR) is 78.1 cm³/mol. The number of benzene rings is 1. The first kappa shape index (κ1) is 14.7. The average Bonchev–Trinajstić information content (AvgIpc) is 2.38. The highest BCUT2D eigenvalue weighted by atomic mass is 32.1. The monoisotopic (exact) mass is 268 g/mol. The van der Waals surface area contributed by atoms with E-state index in [9.17, 15) is 0 Å². The number of aliphatic hydroxyl groups is 1. The smallest absolute Gasteiger partial charge is 0.171 e. The number of aliphatic hydroxyl groups excluding tert-OH is 1. The molecule has 0 aliphatic rings. The maximum absolute atomic E-state index is 9.07. The first-order chi connectivity index (χ1) is 8.69. The number of thiocarbonyl (C=S) groups is 1. The van der Waals surface area contributed by atoms with Gasteiger partial charge in [0, 0.05) is 5.69 Å². The van der Waals surface area contributed by atoms with Gasteiger partial charge in [-0.05, 0) is 49.8 Å². The van der Waals surface area contributed by atoms with Crippen molar-refractivity contribution in [1.82, 2.24) is 5.32 Å². The Morgan fingerprint density at radius 1 is 1.33 bits per heavy atom. The minimum Gasteiger partial charge on any atom is -0.494 e. The van der Waals surface area contributed by atoms with Crippen molar-refractivity contribution in [1.29, 1.82) is 0 Å². The SMILES string of the molecule is CCOc1ccc(NC(=S)N[C@H](CC)CO)cc1. The summed E-state index contributed by atoms with van der Waals surface area (Å²) in [6.07, 6.45) is 0.821. The van der Waals surface area contributed by atoms with Gasteiger partial charge in [0.15, 0.2) is 5.11 Å². The summed E-state index contributed by atoms with van der Waals surface area (Å²) in [5.41, 5.74) is 0.892. The van der Waals surface area contributed by atoms with Crippen LogP contribution in [0.5, 0.6) is 5.75 Å². The molecule has 0 unspecified atom stereocenters. The molecule has 0 aliphatic heterocycles. The van der Waals surface area contributed by atoms with Crippen LogP contribution in [0, 0.1) is 0 Å². The van der Waals surface area contributed by atoms with Crippen molar-refractivity contribution < 1.29 is 9.84 Å². The average molecular weight is 268 g/mol. The van der Waals surface area contributed by atoms with Crippen LogP contribution >= 0.6 is 12.2 Å². The topological polar surface area (TPSA) is 53.5 Å². The standard InChI is InChI=1S/C13H20N2O2S/c1-3-10(9-16)14-13(18)15-11-5-7-12(8-6-11)17-4-2/h5-8,10,16H,3-4,9H2,1-2H3,(H2,14,15,18)/t10-/m1/s1. The van der Waals surface area contributed by atoms with Crippen LogP contribution in [0.1, 0.15) is 20.3 Å². The molecule has 0 aromatic heterocycles. The summed E-state index contributed by atoms with van der Waals surface area (Å²) in [4.78, 5) is 0. The number of nitrogens with one attached hydrogen (secondary N) is 2. The van der Waals surface area contributed by atoms with Crippen molar-refractivity contribution in [2.45, 2.75) is 26.3 Å². The molecule has 0 saturated heterocycles. The van der Waals surface area contributed by atoms with Crippen molar-refractivity contribution in [3.63, 3.8) is 0 Å². The van der Waals surface area contributed by atoms with Crippen LogP contribution in [0.15, 0.2) is 24.3 Å². The summed E-state index contributed by atoms with van der Waals surface area (Å²) >= 11 is 5.16. The maximum Gasteiger partial charge on any atom is 0.171 e. The lowest BCUT2D eigenvalue weighted by atomic mass is 10.2. The predicted octanol–water partition coefficient (Wildman–Crippen LogP) is 2.14. The molecule has 1 rings (SSSR count). The Bertz CT molecular complexity index is 364. The Morgan fingerprint density at radius 2 is 2.00 bits per heavy atom. The zero-order valence-corrected chi connectivity index (χ0v) is 11.6. The van der Waals surface area contributed by atoms with Crippen LogP contribution in [0.25, 0.3) is 0 Å². The molecule has 0 aliphatic carbocycles. The van der Waals surface area contributed by atoms with E-state index in [0.29, 0.717) is 11.7 Å². The van der Waals surface area contributed by atoms with Gasteiger partial charge in [-0.3, -0.25) is 0 Å². The number of hydrogen-bond donors (Lipinski definition) is 3. The van der Waals surface area contributed by atoms with Gasteiger partial charge >= 0.3 is 0 Å². The van der Waals surface area contributed by atoms with Crippen LogP contribution in [-0.2, 0) is 0 Å². The van der Waals surface area contributed by atoms with Gasteiger partial charge in [0.05, 0.1) is 19.3 Å². The van der Waals surface area contributed by atoms with E-state index in [1.54, 1.807) is 0 Å². The van der Waals surface area contributed by atoms with Crippen LogP contribution in [0.4, 0.5) is 5.69 Å². The molecule has 1 aromatic rings. The van der Waals surface area contributed by atoms with Crippen molar-refractivity contribution in [3.8, 4) is 5.75 Å². The first-order valence-corrected chi connectivity index (χ1v) is 6.51. The molecule has 4 nitrogen and oxygen atoms in total. The van der Waals surface area contributed by atoms with Crippen LogP contribution < -0.4 is 15.4 Å². The number of hydrogen-bond acceptors (Lipinski definition) is 3. The largest absolute Gasteiger partial charge is 0.494 e. The van der Waals surface area contributed by atoms with Crippen molar-refractivity contribution >= 4 is 23.0 Å². The van der Waals surface area contributed by atoms with Crippen molar-refractivity contribution in [3.05, 3.63) is 24.3 Å². The lowest BCUT2D eigenvalue weighted by Crippen LogP contribution is -2.39. The molecule has 0 radical (unpaired) electrons. The fourth-order valence-electron chi connectivity index (χ4n) is 1.43. The van der Waals surface area contributed by atoms with Gasteiger partial charge in [0.1, 0.15) is 5.75 Å². The molecular weight excluding hydrogens is 248 g/mol. The minimum atomic E-state index is -0.00676. The summed E-state index contributed by atoms with van der Waals surface area (Å²) in [7, 11) is 0. The Labute approximate surface area is 113 Å². The molecule has 0 heterocycles. The first-order valence-electron chi connectivity index (χ1n) is 6.10. The minimum absolute atomic E-state index is 0.00676. The molecule has 1 atom stereocenters. The fourth-order valence-corrected chi connectivity index (χ4v) is 1.72. The summed E-state index contributed by atoms with van der Waals surface area (Å²) in [5.74, 6) is 0.837. The van der Waals surface area contributed by atoms with Crippen LogP contribution in [0.3, 0.4) is 0 Å². The van der Waals surface area contributed by atoms with E-state index in [4.69, 9.17) is 22.1 Å². The van der Waals surface area contributed by atoms with Crippen LogP contribution in [0.2, 0.25) is 0 Å². The maximum atomic E-state index is 9.07.